The summed E-state index contributed by atoms with van der Waals surface area (Å²) >= 11 is 0. The standard InChI is InChI=1S/C13H14O3.C4H6O/c14-8-11(15)9-16-13-7-3-5-10-4-1-2-6-12(10)13;1-3-4(2)5/h1-7,11,14-15H,8-9H2;3H,1H2,2H3. The Morgan fingerprint density at radius 1 is 1.29 bits per heavy atom. The van der Waals surface area contributed by atoms with E-state index in [0.717, 1.165) is 16.5 Å². The van der Waals surface area contributed by atoms with Gasteiger partial charge in [0.2, 0.25) is 0 Å². The fraction of sp³-hybridized carbons (Fsp3) is 0.235. The van der Waals surface area contributed by atoms with E-state index in [2.05, 4.69) is 6.58 Å². The molecule has 0 radical (unpaired) electrons. The lowest BCUT2D eigenvalue weighted by atomic mass is 10.1. The van der Waals surface area contributed by atoms with Gasteiger partial charge in [-0.05, 0) is 24.5 Å². The van der Waals surface area contributed by atoms with E-state index in [1.54, 1.807) is 0 Å². The highest BCUT2D eigenvalue weighted by Gasteiger charge is 2.05. The van der Waals surface area contributed by atoms with Crippen LogP contribution in [0.5, 0.6) is 5.75 Å². The molecule has 0 spiro atoms. The number of aliphatic hydroxyl groups is 2. The van der Waals surface area contributed by atoms with Crippen LogP contribution in [0.1, 0.15) is 6.92 Å². The van der Waals surface area contributed by atoms with E-state index in [1.165, 1.54) is 13.0 Å². The lowest BCUT2D eigenvalue weighted by Gasteiger charge is -2.11. The SMILES string of the molecule is C=CC(C)=O.OCC(O)COc1cccc2ccccc12. The average Bonchev–Trinajstić information content (AvgIpc) is 2.53. The fourth-order valence-electron chi connectivity index (χ4n) is 1.56. The summed E-state index contributed by atoms with van der Waals surface area (Å²) in [5, 5.41) is 20.0. The second-order valence-electron chi connectivity index (χ2n) is 4.44. The lowest BCUT2D eigenvalue weighted by molar-refractivity contribution is -0.112. The van der Waals surface area contributed by atoms with Gasteiger partial charge in [-0.15, -0.1) is 0 Å². The summed E-state index contributed by atoms with van der Waals surface area (Å²) in [6, 6.07) is 13.6. The number of carbonyl (C=O) groups excluding carboxylic acids is 1. The lowest BCUT2D eigenvalue weighted by Crippen LogP contribution is -2.21. The largest absolute Gasteiger partial charge is 0.490 e. The first kappa shape index (κ1) is 16.9. The van der Waals surface area contributed by atoms with Crippen LogP contribution < -0.4 is 4.74 Å². The Labute approximate surface area is 124 Å². The molecule has 2 aromatic carbocycles. The van der Waals surface area contributed by atoms with E-state index in [1.807, 2.05) is 42.5 Å². The van der Waals surface area contributed by atoms with Crippen LogP contribution >= 0.6 is 0 Å². The summed E-state index contributed by atoms with van der Waals surface area (Å²) in [7, 11) is 0. The fourth-order valence-corrected chi connectivity index (χ4v) is 1.56. The Morgan fingerprint density at radius 2 is 1.90 bits per heavy atom. The number of ketones is 1. The van der Waals surface area contributed by atoms with Crippen LogP contribution in [0.3, 0.4) is 0 Å². The molecule has 0 aliphatic rings. The van der Waals surface area contributed by atoms with Gasteiger partial charge in [0.15, 0.2) is 5.78 Å². The zero-order valence-corrected chi connectivity index (χ0v) is 12.0. The van der Waals surface area contributed by atoms with Crippen molar-refractivity contribution in [1.82, 2.24) is 0 Å². The van der Waals surface area contributed by atoms with Crippen LogP contribution in [0.25, 0.3) is 10.8 Å². The van der Waals surface area contributed by atoms with Crippen molar-refractivity contribution < 1.29 is 19.7 Å². The molecule has 1 atom stereocenters. The van der Waals surface area contributed by atoms with Gasteiger partial charge in [-0.1, -0.05) is 43.0 Å². The number of carbonyl (C=O) groups is 1. The minimum absolute atomic E-state index is 0.0185. The van der Waals surface area contributed by atoms with Gasteiger partial charge in [-0.25, -0.2) is 0 Å². The molecule has 2 N–H and O–H groups in total. The molecule has 0 bridgehead atoms. The van der Waals surface area contributed by atoms with E-state index < -0.39 is 6.10 Å². The second-order valence-corrected chi connectivity index (χ2v) is 4.44. The van der Waals surface area contributed by atoms with Gasteiger partial charge in [-0.3, -0.25) is 4.79 Å². The Balaban J connectivity index is 0.000000383. The molecule has 2 rings (SSSR count). The third-order valence-electron chi connectivity index (χ3n) is 2.68. The first-order chi connectivity index (χ1) is 10.1. The summed E-state index contributed by atoms with van der Waals surface area (Å²) in [4.78, 5) is 9.69. The van der Waals surface area contributed by atoms with Crippen molar-refractivity contribution in [2.24, 2.45) is 0 Å². The minimum atomic E-state index is -0.834. The molecule has 1 unspecified atom stereocenters. The van der Waals surface area contributed by atoms with Crippen LogP contribution in [-0.4, -0.2) is 35.3 Å². The van der Waals surface area contributed by atoms with Crippen molar-refractivity contribution in [3.63, 3.8) is 0 Å². The molecule has 0 saturated carbocycles. The average molecular weight is 288 g/mol. The zero-order chi connectivity index (χ0) is 15.7. The molecular formula is C17H20O4. The number of allylic oxidation sites excluding steroid dienone is 1. The summed E-state index contributed by atoms with van der Waals surface area (Å²) in [5.74, 6) is 0.746. The zero-order valence-electron chi connectivity index (χ0n) is 12.0. The van der Waals surface area contributed by atoms with Crippen molar-refractivity contribution in [3.05, 3.63) is 55.1 Å². The van der Waals surface area contributed by atoms with Crippen molar-refractivity contribution >= 4 is 16.6 Å². The van der Waals surface area contributed by atoms with Gasteiger partial charge in [0.1, 0.15) is 18.5 Å². The maximum Gasteiger partial charge on any atom is 0.152 e. The molecule has 0 amide bonds. The molecule has 0 saturated heterocycles. The highest BCUT2D eigenvalue weighted by Crippen LogP contribution is 2.25. The quantitative estimate of drug-likeness (QED) is 0.829. The molecule has 21 heavy (non-hydrogen) atoms. The maximum atomic E-state index is 9.69. The number of ether oxygens (including phenoxy) is 1. The predicted octanol–water partition coefficient (Wildman–Crippen LogP) is 2.33. The number of benzene rings is 2. The van der Waals surface area contributed by atoms with Crippen molar-refractivity contribution in [1.29, 1.82) is 0 Å². The Kier molecular flexibility index (Phi) is 7.15. The Bertz CT molecular complexity index is 587. The van der Waals surface area contributed by atoms with Gasteiger partial charge in [-0.2, -0.15) is 0 Å². The molecule has 0 fully saturated rings. The van der Waals surface area contributed by atoms with Gasteiger partial charge >= 0.3 is 0 Å². The second kappa shape index (κ2) is 8.89. The number of hydrogen-bond donors (Lipinski definition) is 2. The van der Waals surface area contributed by atoms with Crippen molar-refractivity contribution in [2.75, 3.05) is 13.2 Å². The third kappa shape index (κ3) is 5.77. The molecular weight excluding hydrogens is 268 g/mol. The van der Waals surface area contributed by atoms with E-state index in [0.29, 0.717) is 0 Å². The van der Waals surface area contributed by atoms with Gasteiger partial charge in [0.05, 0.1) is 6.61 Å². The molecule has 0 heterocycles. The summed E-state index contributed by atoms with van der Waals surface area (Å²) < 4.78 is 5.46. The summed E-state index contributed by atoms with van der Waals surface area (Å²) in [5.41, 5.74) is 0. The van der Waals surface area contributed by atoms with E-state index >= 15 is 0 Å². The molecule has 0 aromatic heterocycles. The summed E-state index contributed by atoms with van der Waals surface area (Å²) in [6.45, 7) is 4.49. The van der Waals surface area contributed by atoms with Gasteiger partial charge in [0, 0.05) is 5.39 Å². The first-order valence-corrected chi connectivity index (χ1v) is 6.61. The molecule has 4 nitrogen and oxygen atoms in total. The van der Waals surface area contributed by atoms with E-state index in [4.69, 9.17) is 9.84 Å². The summed E-state index contributed by atoms with van der Waals surface area (Å²) in [6.07, 6.45) is 0.443. The molecule has 4 heteroatoms. The van der Waals surface area contributed by atoms with Gasteiger partial charge in [0.25, 0.3) is 0 Å². The highest BCUT2D eigenvalue weighted by atomic mass is 16.5. The molecule has 112 valence electrons. The Hall–Kier alpha value is -2.17. The van der Waals surface area contributed by atoms with Crippen LogP contribution in [0.15, 0.2) is 55.1 Å². The number of rotatable bonds is 5. The molecule has 2 aromatic rings. The molecule has 0 aliphatic carbocycles. The Morgan fingerprint density at radius 3 is 2.52 bits per heavy atom. The minimum Gasteiger partial charge on any atom is -0.490 e. The maximum absolute atomic E-state index is 9.69. The van der Waals surface area contributed by atoms with Crippen LogP contribution in [-0.2, 0) is 4.79 Å². The van der Waals surface area contributed by atoms with Crippen molar-refractivity contribution in [3.8, 4) is 5.75 Å². The van der Waals surface area contributed by atoms with Crippen LogP contribution in [0, 0.1) is 0 Å². The third-order valence-corrected chi connectivity index (χ3v) is 2.68. The van der Waals surface area contributed by atoms with E-state index in [9.17, 15) is 9.90 Å². The normalized spacial score (nSPS) is 11.2. The first-order valence-electron chi connectivity index (χ1n) is 6.61. The highest BCUT2D eigenvalue weighted by molar-refractivity contribution is 5.88. The van der Waals surface area contributed by atoms with Crippen molar-refractivity contribution in [2.45, 2.75) is 13.0 Å². The van der Waals surface area contributed by atoms with E-state index in [-0.39, 0.29) is 19.0 Å². The monoisotopic (exact) mass is 288 g/mol. The predicted molar refractivity (Wildman–Crippen MR) is 83.4 cm³/mol. The van der Waals surface area contributed by atoms with Gasteiger partial charge < -0.3 is 14.9 Å². The number of aliphatic hydroxyl groups excluding tert-OH is 2. The topological polar surface area (TPSA) is 66.8 Å². The van der Waals surface area contributed by atoms with Crippen LogP contribution in [0.4, 0.5) is 0 Å². The smallest absolute Gasteiger partial charge is 0.152 e. The molecule has 0 aliphatic heterocycles. The number of fused-ring (bicyclic) bond motifs is 1. The number of hydrogen-bond acceptors (Lipinski definition) is 4. The van der Waals surface area contributed by atoms with Crippen LogP contribution in [0.2, 0.25) is 0 Å².